The van der Waals surface area contributed by atoms with Crippen molar-refractivity contribution in [1.29, 1.82) is 0 Å². The highest BCUT2D eigenvalue weighted by Gasteiger charge is 2.39. The molecule has 2 saturated heterocycles. The predicted octanol–water partition coefficient (Wildman–Crippen LogP) is 2.92. The smallest absolute Gasteiger partial charge is 0.324 e. The van der Waals surface area contributed by atoms with Crippen LogP contribution in [-0.2, 0) is 6.42 Å². The molecule has 0 bridgehead atoms. The summed E-state index contributed by atoms with van der Waals surface area (Å²) in [5.41, 5.74) is 4.42. The van der Waals surface area contributed by atoms with Gasteiger partial charge in [-0.2, -0.15) is 9.97 Å². The monoisotopic (exact) mass is 433 g/mol. The molecule has 1 aromatic carbocycles. The van der Waals surface area contributed by atoms with E-state index in [2.05, 4.69) is 25.5 Å². The standard InChI is InChI=1S/C23H24FN7O/c1-12-27-8-15(9-28-12)32-23-29-19-7-16-17(5-14(24)6-18(16)25-2)21(19)22(30-23)31-10-13-3-4-26-20(13)11-31/h5-6,8-9,13,20,25-26H,3-4,7,10-11H2,1-2H3/t13-,20+/m0/s1. The average molecular weight is 433 g/mol. The fraction of sp³-hybridized carbons (Fsp3) is 0.391. The lowest BCUT2D eigenvalue weighted by Crippen LogP contribution is -2.30. The maximum absolute atomic E-state index is 14.5. The molecule has 9 heteroatoms. The van der Waals surface area contributed by atoms with Crippen LogP contribution in [0.1, 0.15) is 23.5 Å². The van der Waals surface area contributed by atoms with Gasteiger partial charge in [-0.15, -0.1) is 0 Å². The SMILES string of the molecule is CNc1cc(F)cc2c1Cc1nc(Oc3cnc(C)nc3)nc(N3C[C@@H]4CCN[C@@H]4C3)c1-2. The number of aryl methyl sites for hydroxylation is 1. The molecule has 164 valence electrons. The highest BCUT2D eigenvalue weighted by molar-refractivity contribution is 5.88. The van der Waals surface area contributed by atoms with Crippen molar-refractivity contribution in [2.75, 3.05) is 36.9 Å². The normalized spacial score (nSPS) is 20.8. The van der Waals surface area contributed by atoms with Crippen LogP contribution in [0.25, 0.3) is 11.1 Å². The number of hydrogen-bond donors (Lipinski definition) is 2. The van der Waals surface area contributed by atoms with E-state index < -0.39 is 0 Å². The molecular formula is C23H24FN7O. The number of fused-ring (bicyclic) bond motifs is 4. The summed E-state index contributed by atoms with van der Waals surface area (Å²) in [6.07, 6.45) is 4.99. The summed E-state index contributed by atoms with van der Waals surface area (Å²) < 4.78 is 20.4. The van der Waals surface area contributed by atoms with E-state index in [1.54, 1.807) is 18.5 Å². The van der Waals surface area contributed by atoms with Gasteiger partial charge in [0, 0.05) is 43.9 Å². The highest BCUT2D eigenvalue weighted by atomic mass is 19.1. The van der Waals surface area contributed by atoms with E-state index in [-0.39, 0.29) is 11.8 Å². The number of hydrogen-bond acceptors (Lipinski definition) is 8. The van der Waals surface area contributed by atoms with Crippen LogP contribution in [0.4, 0.5) is 15.9 Å². The fourth-order valence-corrected chi connectivity index (χ4v) is 5.15. The lowest BCUT2D eigenvalue weighted by atomic mass is 10.0. The molecule has 3 aromatic rings. The Bertz CT molecular complexity index is 1190. The van der Waals surface area contributed by atoms with Crippen molar-refractivity contribution in [3.63, 3.8) is 0 Å². The number of aromatic nitrogens is 4. The van der Waals surface area contributed by atoms with Crippen molar-refractivity contribution < 1.29 is 9.13 Å². The van der Waals surface area contributed by atoms with E-state index in [1.165, 1.54) is 6.07 Å². The summed E-state index contributed by atoms with van der Waals surface area (Å²) in [4.78, 5) is 20.2. The zero-order valence-electron chi connectivity index (χ0n) is 18.0. The highest BCUT2D eigenvalue weighted by Crippen LogP contribution is 2.46. The van der Waals surface area contributed by atoms with Gasteiger partial charge in [-0.1, -0.05) is 0 Å². The van der Waals surface area contributed by atoms with Gasteiger partial charge >= 0.3 is 6.01 Å². The molecule has 1 aliphatic carbocycles. The third-order valence-electron chi connectivity index (χ3n) is 6.67. The van der Waals surface area contributed by atoms with Crippen LogP contribution in [-0.4, -0.2) is 52.7 Å². The quantitative estimate of drug-likeness (QED) is 0.508. The van der Waals surface area contributed by atoms with Crippen LogP contribution >= 0.6 is 0 Å². The van der Waals surface area contributed by atoms with Gasteiger partial charge in [0.25, 0.3) is 0 Å². The Morgan fingerprint density at radius 2 is 2.03 bits per heavy atom. The third-order valence-corrected chi connectivity index (χ3v) is 6.67. The second-order valence-electron chi connectivity index (χ2n) is 8.64. The van der Waals surface area contributed by atoms with Crippen molar-refractivity contribution in [2.45, 2.75) is 25.8 Å². The lowest BCUT2D eigenvalue weighted by Gasteiger charge is -2.22. The second kappa shape index (κ2) is 7.37. The Balaban J connectivity index is 1.46. The maximum atomic E-state index is 14.5. The Labute approximate surface area is 185 Å². The molecule has 0 saturated carbocycles. The Morgan fingerprint density at radius 3 is 2.81 bits per heavy atom. The number of benzene rings is 1. The van der Waals surface area contributed by atoms with Gasteiger partial charge in [-0.3, -0.25) is 0 Å². The zero-order valence-corrected chi connectivity index (χ0v) is 18.0. The molecule has 0 unspecified atom stereocenters. The van der Waals surface area contributed by atoms with Gasteiger partial charge in [-0.05, 0) is 49.1 Å². The van der Waals surface area contributed by atoms with Crippen molar-refractivity contribution in [3.05, 3.63) is 47.4 Å². The lowest BCUT2D eigenvalue weighted by molar-refractivity contribution is 0.435. The minimum Gasteiger partial charge on any atom is -0.421 e. The molecule has 4 heterocycles. The van der Waals surface area contributed by atoms with Gasteiger partial charge in [0.05, 0.1) is 18.1 Å². The molecule has 32 heavy (non-hydrogen) atoms. The Morgan fingerprint density at radius 1 is 1.19 bits per heavy atom. The molecule has 2 aliphatic heterocycles. The van der Waals surface area contributed by atoms with E-state index >= 15 is 0 Å². The molecule has 2 fully saturated rings. The van der Waals surface area contributed by atoms with E-state index in [0.717, 1.165) is 59.9 Å². The number of anilines is 2. The van der Waals surface area contributed by atoms with Crippen LogP contribution in [0.3, 0.4) is 0 Å². The van der Waals surface area contributed by atoms with Gasteiger partial charge in [0.15, 0.2) is 5.75 Å². The molecule has 2 N–H and O–H groups in total. The van der Waals surface area contributed by atoms with Gasteiger partial charge < -0.3 is 20.3 Å². The molecule has 6 rings (SSSR count). The Kier molecular flexibility index (Phi) is 4.46. The zero-order chi connectivity index (χ0) is 21.8. The summed E-state index contributed by atoms with van der Waals surface area (Å²) in [7, 11) is 1.81. The predicted molar refractivity (Wildman–Crippen MR) is 119 cm³/mol. The molecular weight excluding hydrogens is 409 g/mol. The van der Waals surface area contributed by atoms with Gasteiger partial charge in [0.2, 0.25) is 0 Å². The van der Waals surface area contributed by atoms with Crippen LogP contribution in [0.15, 0.2) is 24.5 Å². The van der Waals surface area contributed by atoms with Crippen molar-refractivity contribution in [1.82, 2.24) is 25.3 Å². The summed E-state index contributed by atoms with van der Waals surface area (Å²) in [6, 6.07) is 3.84. The van der Waals surface area contributed by atoms with Crippen molar-refractivity contribution >= 4 is 11.5 Å². The first-order valence-corrected chi connectivity index (χ1v) is 11.0. The largest absolute Gasteiger partial charge is 0.421 e. The molecule has 3 aliphatic rings. The van der Waals surface area contributed by atoms with Crippen molar-refractivity contribution in [3.8, 4) is 22.9 Å². The minimum absolute atomic E-state index is 0.260. The minimum atomic E-state index is -0.274. The number of nitrogens with zero attached hydrogens (tertiary/aromatic N) is 5. The van der Waals surface area contributed by atoms with Crippen LogP contribution < -0.4 is 20.3 Å². The van der Waals surface area contributed by atoms with Crippen molar-refractivity contribution in [2.24, 2.45) is 5.92 Å². The molecule has 2 aromatic heterocycles. The topological polar surface area (TPSA) is 88.1 Å². The second-order valence-corrected chi connectivity index (χ2v) is 8.64. The average Bonchev–Trinajstić information content (AvgIpc) is 3.47. The van der Waals surface area contributed by atoms with Crippen LogP contribution in [0.5, 0.6) is 11.8 Å². The number of nitrogens with one attached hydrogen (secondary N) is 2. The number of halogens is 1. The summed E-state index contributed by atoms with van der Waals surface area (Å²) in [5.74, 6) is 2.28. The Hall–Kier alpha value is -3.33. The van der Waals surface area contributed by atoms with Gasteiger partial charge in [0.1, 0.15) is 17.5 Å². The third kappa shape index (κ3) is 3.15. The van der Waals surface area contributed by atoms with Crippen LogP contribution in [0, 0.1) is 18.7 Å². The summed E-state index contributed by atoms with van der Waals surface area (Å²) in [6.45, 7) is 4.66. The van der Waals surface area contributed by atoms with E-state index in [0.29, 0.717) is 30.0 Å². The fourth-order valence-electron chi connectivity index (χ4n) is 5.15. The first kappa shape index (κ1) is 19.4. The van der Waals surface area contributed by atoms with E-state index in [9.17, 15) is 4.39 Å². The maximum Gasteiger partial charge on any atom is 0.324 e. The number of ether oxygens (including phenoxy) is 1. The summed E-state index contributed by atoms with van der Waals surface area (Å²) >= 11 is 0. The summed E-state index contributed by atoms with van der Waals surface area (Å²) in [5, 5.41) is 6.71. The molecule has 0 spiro atoms. The molecule has 0 radical (unpaired) electrons. The molecule has 8 nitrogen and oxygen atoms in total. The van der Waals surface area contributed by atoms with Gasteiger partial charge in [-0.25, -0.2) is 14.4 Å². The van der Waals surface area contributed by atoms with E-state index in [4.69, 9.17) is 14.7 Å². The molecule has 0 amide bonds. The molecule has 2 atom stereocenters. The number of rotatable bonds is 4. The van der Waals surface area contributed by atoms with Crippen LogP contribution in [0.2, 0.25) is 0 Å². The first-order valence-electron chi connectivity index (χ1n) is 11.0. The first-order chi connectivity index (χ1) is 15.6. The van der Waals surface area contributed by atoms with E-state index in [1.807, 2.05) is 14.0 Å².